The molecular weight excluding hydrogens is 324 g/mol. The molecule has 0 atom stereocenters. The molecular formula is C13H12N4O3S2. The third kappa shape index (κ3) is 4.37. The Morgan fingerprint density at radius 3 is 2.95 bits per heavy atom. The quantitative estimate of drug-likeness (QED) is 0.285. The Bertz CT molecular complexity index is 730. The SMILES string of the molecule is C=C(C)CSc1nnc(NC(=O)c2cccc([N+](=O)[O-])c2)s1. The van der Waals surface area contributed by atoms with E-state index in [0.29, 0.717) is 5.13 Å². The van der Waals surface area contributed by atoms with Crippen LogP contribution in [-0.2, 0) is 0 Å². The molecule has 9 heteroatoms. The van der Waals surface area contributed by atoms with E-state index in [1.165, 1.54) is 47.4 Å². The maximum Gasteiger partial charge on any atom is 0.270 e. The van der Waals surface area contributed by atoms with Crippen LogP contribution in [0.25, 0.3) is 0 Å². The van der Waals surface area contributed by atoms with Crippen molar-refractivity contribution in [1.29, 1.82) is 0 Å². The number of hydrogen-bond acceptors (Lipinski definition) is 7. The van der Waals surface area contributed by atoms with Crippen molar-refractivity contribution in [1.82, 2.24) is 10.2 Å². The minimum Gasteiger partial charge on any atom is -0.296 e. The predicted octanol–water partition coefficient (Wildman–Crippen LogP) is 3.37. The van der Waals surface area contributed by atoms with Gasteiger partial charge in [-0.3, -0.25) is 20.2 Å². The first-order valence-electron chi connectivity index (χ1n) is 6.12. The van der Waals surface area contributed by atoms with Crippen LogP contribution in [-0.4, -0.2) is 26.8 Å². The molecule has 114 valence electrons. The second kappa shape index (κ2) is 7.14. The lowest BCUT2D eigenvalue weighted by Crippen LogP contribution is -2.11. The Hall–Kier alpha value is -2.26. The topological polar surface area (TPSA) is 98.0 Å². The Balaban J connectivity index is 2.04. The maximum atomic E-state index is 12.0. The van der Waals surface area contributed by atoms with Crippen molar-refractivity contribution in [3.63, 3.8) is 0 Å². The van der Waals surface area contributed by atoms with Gasteiger partial charge in [0.05, 0.1) is 4.92 Å². The summed E-state index contributed by atoms with van der Waals surface area (Å²) in [6, 6.07) is 5.50. The number of aromatic nitrogens is 2. The minimum atomic E-state index is -0.548. The number of carbonyl (C=O) groups is 1. The monoisotopic (exact) mass is 336 g/mol. The van der Waals surface area contributed by atoms with Crippen LogP contribution in [0, 0.1) is 10.1 Å². The van der Waals surface area contributed by atoms with E-state index in [1.54, 1.807) is 0 Å². The van der Waals surface area contributed by atoms with Crippen LogP contribution in [0.1, 0.15) is 17.3 Å². The van der Waals surface area contributed by atoms with E-state index < -0.39 is 10.8 Å². The summed E-state index contributed by atoms with van der Waals surface area (Å²) >= 11 is 2.73. The molecule has 1 amide bonds. The number of nitro benzene ring substituents is 1. The summed E-state index contributed by atoms with van der Waals surface area (Å²) in [7, 11) is 0. The third-order valence-corrected chi connectivity index (χ3v) is 4.59. The molecule has 0 spiro atoms. The molecule has 1 aromatic carbocycles. The number of anilines is 1. The molecule has 1 aromatic heterocycles. The van der Waals surface area contributed by atoms with Crippen LogP contribution in [0.5, 0.6) is 0 Å². The second-order valence-electron chi connectivity index (χ2n) is 4.38. The van der Waals surface area contributed by atoms with Crippen molar-refractivity contribution in [3.8, 4) is 0 Å². The normalized spacial score (nSPS) is 10.2. The number of non-ortho nitro benzene ring substituents is 1. The van der Waals surface area contributed by atoms with Crippen molar-refractivity contribution >= 4 is 39.8 Å². The highest BCUT2D eigenvalue weighted by Crippen LogP contribution is 2.27. The van der Waals surface area contributed by atoms with Gasteiger partial charge in [0.25, 0.3) is 11.6 Å². The minimum absolute atomic E-state index is 0.136. The van der Waals surface area contributed by atoms with E-state index in [1.807, 2.05) is 6.92 Å². The van der Waals surface area contributed by atoms with Gasteiger partial charge in [-0.25, -0.2) is 0 Å². The fourth-order valence-corrected chi connectivity index (χ4v) is 3.02. The predicted molar refractivity (Wildman–Crippen MR) is 86.5 cm³/mol. The van der Waals surface area contributed by atoms with Gasteiger partial charge >= 0.3 is 0 Å². The van der Waals surface area contributed by atoms with Gasteiger partial charge in [0.1, 0.15) is 0 Å². The third-order valence-electron chi connectivity index (χ3n) is 2.39. The van der Waals surface area contributed by atoms with Gasteiger partial charge < -0.3 is 0 Å². The van der Waals surface area contributed by atoms with Gasteiger partial charge in [-0.2, -0.15) is 0 Å². The molecule has 0 saturated carbocycles. The number of thioether (sulfide) groups is 1. The maximum absolute atomic E-state index is 12.0. The standard InChI is InChI=1S/C13H12N4O3S2/c1-8(2)7-21-13-16-15-12(22-13)14-11(18)9-4-3-5-10(6-9)17(19)20/h3-6H,1,7H2,2H3,(H,14,15,18). The summed E-state index contributed by atoms with van der Waals surface area (Å²) in [5.41, 5.74) is 1.07. The summed E-state index contributed by atoms with van der Waals surface area (Å²) in [5, 5.41) is 21.5. The molecule has 0 fully saturated rings. The van der Waals surface area contributed by atoms with Gasteiger partial charge in [-0.15, -0.1) is 10.2 Å². The fraction of sp³-hybridized carbons (Fsp3) is 0.154. The first-order chi connectivity index (χ1) is 10.5. The lowest BCUT2D eigenvalue weighted by molar-refractivity contribution is -0.384. The molecule has 0 aliphatic heterocycles. The number of rotatable bonds is 6. The zero-order valence-electron chi connectivity index (χ0n) is 11.6. The number of hydrogen-bond donors (Lipinski definition) is 1. The molecule has 7 nitrogen and oxygen atoms in total. The lowest BCUT2D eigenvalue weighted by atomic mass is 10.2. The summed E-state index contributed by atoms with van der Waals surface area (Å²) in [6.07, 6.45) is 0. The van der Waals surface area contributed by atoms with E-state index in [2.05, 4.69) is 22.1 Å². The van der Waals surface area contributed by atoms with Crippen LogP contribution in [0.2, 0.25) is 0 Å². The summed E-state index contributed by atoms with van der Waals surface area (Å²) in [6.45, 7) is 5.71. The largest absolute Gasteiger partial charge is 0.296 e. The molecule has 0 bridgehead atoms. The molecule has 2 rings (SSSR count). The highest BCUT2D eigenvalue weighted by molar-refractivity contribution is 8.01. The second-order valence-corrected chi connectivity index (χ2v) is 6.58. The Morgan fingerprint density at radius 1 is 1.50 bits per heavy atom. The van der Waals surface area contributed by atoms with Crippen LogP contribution < -0.4 is 5.32 Å². The molecule has 0 saturated heterocycles. The van der Waals surface area contributed by atoms with Crippen molar-refractivity contribution < 1.29 is 9.72 Å². The molecule has 0 unspecified atom stereocenters. The molecule has 0 radical (unpaired) electrons. The van der Waals surface area contributed by atoms with Crippen LogP contribution >= 0.6 is 23.1 Å². The number of nitrogens with zero attached hydrogens (tertiary/aromatic N) is 3. The molecule has 22 heavy (non-hydrogen) atoms. The number of nitro groups is 1. The Morgan fingerprint density at radius 2 is 2.27 bits per heavy atom. The number of benzene rings is 1. The van der Waals surface area contributed by atoms with Gasteiger partial charge in [0.15, 0.2) is 4.34 Å². The van der Waals surface area contributed by atoms with Crippen LogP contribution in [0.3, 0.4) is 0 Å². The van der Waals surface area contributed by atoms with Crippen molar-refractivity contribution in [3.05, 3.63) is 52.1 Å². The zero-order chi connectivity index (χ0) is 16.1. The zero-order valence-corrected chi connectivity index (χ0v) is 13.2. The summed E-state index contributed by atoms with van der Waals surface area (Å²) < 4.78 is 0.720. The number of amides is 1. The van der Waals surface area contributed by atoms with E-state index in [-0.39, 0.29) is 11.3 Å². The van der Waals surface area contributed by atoms with Crippen molar-refractivity contribution in [2.24, 2.45) is 0 Å². The van der Waals surface area contributed by atoms with Gasteiger partial charge in [0.2, 0.25) is 5.13 Å². The summed E-state index contributed by atoms with van der Waals surface area (Å²) in [4.78, 5) is 22.2. The first kappa shape index (κ1) is 16.1. The summed E-state index contributed by atoms with van der Waals surface area (Å²) in [5.74, 6) is 0.268. The lowest BCUT2D eigenvalue weighted by Gasteiger charge is -2.00. The molecule has 2 aromatic rings. The average Bonchev–Trinajstić information content (AvgIpc) is 2.92. The van der Waals surface area contributed by atoms with Crippen molar-refractivity contribution in [2.45, 2.75) is 11.3 Å². The average molecular weight is 336 g/mol. The number of carbonyl (C=O) groups excluding carboxylic acids is 1. The Labute approximate surface area is 134 Å². The van der Waals surface area contributed by atoms with Crippen LogP contribution in [0.15, 0.2) is 40.8 Å². The molecule has 1 heterocycles. The molecule has 0 aliphatic carbocycles. The number of nitrogens with one attached hydrogen (secondary N) is 1. The van der Waals surface area contributed by atoms with Gasteiger partial charge in [0, 0.05) is 23.4 Å². The highest BCUT2D eigenvalue weighted by Gasteiger charge is 2.13. The van der Waals surface area contributed by atoms with E-state index in [4.69, 9.17) is 0 Å². The smallest absolute Gasteiger partial charge is 0.270 e. The first-order valence-corrected chi connectivity index (χ1v) is 7.92. The van der Waals surface area contributed by atoms with Crippen LogP contribution in [0.4, 0.5) is 10.8 Å². The van der Waals surface area contributed by atoms with Gasteiger partial charge in [-0.1, -0.05) is 41.3 Å². The van der Waals surface area contributed by atoms with Crippen molar-refractivity contribution in [2.75, 3.05) is 11.1 Å². The molecule has 1 N–H and O–H groups in total. The Kier molecular flexibility index (Phi) is 5.23. The van der Waals surface area contributed by atoms with E-state index in [9.17, 15) is 14.9 Å². The highest BCUT2D eigenvalue weighted by atomic mass is 32.2. The van der Waals surface area contributed by atoms with E-state index >= 15 is 0 Å². The van der Waals surface area contributed by atoms with E-state index in [0.717, 1.165) is 15.7 Å². The van der Waals surface area contributed by atoms with Gasteiger partial charge in [-0.05, 0) is 13.0 Å². The molecule has 0 aliphatic rings. The fourth-order valence-electron chi connectivity index (χ4n) is 1.43.